The van der Waals surface area contributed by atoms with Crippen molar-refractivity contribution in [2.45, 2.75) is 43.2 Å². The van der Waals surface area contributed by atoms with Crippen molar-refractivity contribution in [3.05, 3.63) is 0 Å². The van der Waals surface area contributed by atoms with Gasteiger partial charge in [-0.25, -0.2) is 0 Å². The molecular weight excluding hydrogens is 200 g/mol. The molecule has 0 aliphatic heterocycles. The van der Waals surface area contributed by atoms with E-state index >= 15 is 0 Å². The van der Waals surface area contributed by atoms with E-state index in [2.05, 4.69) is 6.07 Å². The summed E-state index contributed by atoms with van der Waals surface area (Å²) in [4.78, 5) is 10.7. The molecular formula is C9H16N2O2S. The third kappa shape index (κ3) is 3.56. The molecule has 14 heavy (non-hydrogen) atoms. The van der Waals surface area contributed by atoms with Crippen molar-refractivity contribution in [3.8, 4) is 6.07 Å². The second-order valence-corrected chi connectivity index (χ2v) is 5.42. The molecule has 0 aliphatic rings. The topological polar surface area (TPSA) is 87.1 Å². The van der Waals surface area contributed by atoms with E-state index in [0.717, 1.165) is 0 Å². The molecule has 0 aliphatic carbocycles. The van der Waals surface area contributed by atoms with Gasteiger partial charge in [-0.05, 0) is 20.3 Å². The summed E-state index contributed by atoms with van der Waals surface area (Å²) in [7, 11) is 0. The van der Waals surface area contributed by atoms with Crippen LogP contribution in [-0.4, -0.2) is 27.1 Å². The summed E-state index contributed by atoms with van der Waals surface area (Å²) in [6.07, 6.45) is 0.691. The highest BCUT2D eigenvalue weighted by Crippen LogP contribution is 2.32. The lowest BCUT2D eigenvalue weighted by Crippen LogP contribution is -2.47. The summed E-state index contributed by atoms with van der Waals surface area (Å²) in [5.74, 6) is -1.03. The van der Waals surface area contributed by atoms with Crippen LogP contribution in [0.1, 0.15) is 27.2 Å². The monoisotopic (exact) mass is 216 g/mol. The fourth-order valence-electron chi connectivity index (χ4n) is 0.938. The van der Waals surface area contributed by atoms with Crippen molar-refractivity contribution in [3.63, 3.8) is 0 Å². The Hall–Kier alpha value is -0.730. The van der Waals surface area contributed by atoms with Crippen LogP contribution in [0.4, 0.5) is 0 Å². The first-order valence-corrected chi connectivity index (χ1v) is 5.29. The predicted octanol–water partition coefficient (Wildman–Crippen LogP) is 1.21. The fraction of sp³-hybridized carbons (Fsp3) is 0.778. The first-order valence-electron chi connectivity index (χ1n) is 4.41. The predicted molar refractivity (Wildman–Crippen MR) is 57.0 cm³/mol. The lowest BCUT2D eigenvalue weighted by Gasteiger charge is -2.29. The van der Waals surface area contributed by atoms with Crippen LogP contribution in [0.25, 0.3) is 0 Å². The number of carbonyl (C=O) groups is 1. The number of carboxylic acid groups (broad SMARTS) is 1. The molecule has 0 amide bonds. The third-order valence-electron chi connectivity index (χ3n) is 1.98. The Kier molecular flexibility index (Phi) is 4.95. The van der Waals surface area contributed by atoms with E-state index in [9.17, 15) is 4.79 Å². The molecule has 0 fully saturated rings. The third-order valence-corrected chi connectivity index (χ3v) is 3.56. The number of nitrogens with zero attached hydrogens (tertiary/aromatic N) is 1. The van der Waals surface area contributed by atoms with E-state index in [0.29, 0.717) is 6.42 Å². The summed E-state index contributed by atoms with van der Waals surface area (Å²) in [6.45, 7) is 5.39. The summed E-state index contributed by atoms with van der Waals surface area (Å²) < 4.78 is -0.623. The Labute approximate surface area is 88.5 Å². The van der Waals surface area contributed by atoms with Crippen LogP contribution in [0.2, 0.25) is 0 Å². The number of thioether (sulfide) groups is 1. The molecule has 0 rings (SSSR count). The largest absolute Gasteiger partial charge is 0.480 e. The molecule has 0 heterocycles. The van der Waals surface area contributed by atoms with Crippen LogP contribution < -0.4 is 5.73 Å². The zero-order chi connectivity index (χ0) is 11.4. The molecule has 0 bridgehead atoms. The molecule has 0 aromatic carbocycles. The molecule has 0 aromatic rings. The van der Waals surface area contributed by atoms with Gasteiger partial charge in [0.1, 0.15) is 6.04 Å². The molecule has 1 unspecified atom stereocenters. The van der Waals surface area contributed by atoms with E-state index in [1.54, 1.807) is 13.8 Å². The maximum Gasteiger partial charge on any atom is 0.321 e. The molecule has 4 nitrogen and oxygen atoms in total. The van der Waals surface area contributed by atoms with E-state index in [-0.39, 0.29) is 5.25 Å². The van der Waals surface area contributed by atoms with Crippen molar-refractivity contribution in [2.75, 3.05) is 0 Å². The zero-order valence-corrected chi connectivity index (χ0v) is 9.47. The van der Waals surface area contributed by atoms with Crippen LogP contribution >= 0.6 is 11.8 Å². The summed E-state index contributed by atoms with van der Waals surface area (Å²) in [5.41, 5.74) is 5.52. The van der Waals surface area contributed by atoms with Gasteiger partial charge in [0.15, 0.2) is 0 Å². The Morgan fingerprint density at radius 3 is 2.50 bits per heavy atom. The second-order valence-electron chi connectivity index (χ2n) is 3.56. The number of hydrogen-bond acceptors (Lipinski definition) is 4. The average molecular weight is 216 g/mol. The molecule has 80 valence electrons. The minimum absolute atomic E-state index is 0.199. The summed E-state index contributed by atoms with van der Waals surface area (Å²) in [5, 5.41) is 17.3. The maximum absolute atomic E-state index is 10.7. The molecule has 0 saturated carbocycles. The van der Waals surface area contributed by atoms with Crippen molar-refractivity contribution >= 4 is 17.7 Å². The fourth-order valence-corrected chi connectivity index (χ4v) is 2.14. The molecule has 0 radical (unpaired) electrons. The van der Waals surface area contributed by atoms with Crippen molar-refractivity contribution in [2.24, 2.45) is 5.73 Å². The van der Waals surface area contributed by atoms with Gasteiger partial charge in [0.2, 0.25) is 0 Å². The number of carboxylic acids is 1. The highest BCUT2D eigenvalue weighted by molar-refractivity contribution is 8.01. The van der Waals surface area contributed by atoms with Crippen LogP contribution in [0.15, 0.2) is 0 Å². The molecule has 0 aromatic heterocycles. The van der Waals surface area contributed by atoms with Crippen LogP contribution in [0.3, 0.4) is 0 Å². The molecule has 3 N–H and O–H groups in total. The quantitative estimate of drug-likeness (QED) is 0.721. The number of aliphatic carboxylic acids is 1. The van der Waals surface area contributed by atoms with E-state index < -0.39 is 16.8 Å². The Bertz CT molecular complexity index is 248. The SMILES string of the molecule is CCC(C#N)SC(C)(C)[C@H](N)C(=O)O. The number of nitrogens with two attached hydrogens (primary N) is 1. The number of hydrogen-bond donors (Lipinski definition) is 2. The molecule has 2 atom stereocenters. The van der Waals surface area contributed by atoms with Gasteiger partial charge in [0, 0.05) is 4.75 Å². The standard InChI is InChI=1S/C9H16N2O2S/c1-4-6(5-10)14-9(2,3)7(11)8(12)13/h6-7H,4,11H2,1-3H3,(H,12,13)/t6?,7-/m1/s1. The van der Waals surface area contributed by atoms with Gasteiger partial charge in [-0.3, -0.25) is 4.79 Å². The highest BCUT2D eigenvalue weighted by atomic mass is 32.2. The lowest BCUT2D eigenvalue weighted by atomic mass is 10.1. The van der Waals surface area contributed by atoms with E-state index in [4.69, 9.17) is 16.1 Å². The van der Waals surface area contributed by atoms with Gasteiger partial charge in [0.05, 0.1) is 11.3 Å². The van der Waals surface area contributed by atoms with Gasteiger partial charge in [-0.15, -0.1) is 11.8 Å². The van der Waals surface area contributed by atoms with Gasteiger partial charge in [-0.2, -0.15) is 5.26 Å². The smallest absolute Gasteiger partial charge is 0.321 e. The van der Waals surface area contributed by atoms with Crippen molar-refractivity contribution in [1.82, 2.24) is 0 Å². The molecule has 0 spiro atoms. The van der Waals surface area contributed by atoms with Crippen LogP contribution in [-0.2, 0) is 4.79 Å². The van der Waals surface area contributed by atoms with Gasteiger partial charge in [-0.1, -0.05) is 6.92 Å². The molecule has 5 heteroatoms. The number of nitriles is 1. The summed E-state index contributed by atoms with van der Waals surface area (Å²) >= 11 is 1.32. The number of rotatable bonds is 5. The Morgan fingerprint density at radius 1 is 1.71 bits per heavy atom. The van der Waals surface area contributed by atoms with Crippen LogP contribution in [0.5, 0.6) is 0 Å². The summed E-state index contributed by atoms with van der Waals surface area (Å²) in [6, 6.07) is 1.17. The Balaban J connectivity index is 4.48. The first kappa shape index (κ1) is 13.3. The second kappa shape index (κ2) is 5.23. The maximum atomic E-state index is 10.7. The normalized spacial score (nSPS) is 15.6. The van der Waals surface area contributed by atoms with Gasteiger partial charge in [0.25, 0.3) is 0 Å². The van der Waals surface area contributed by atoms with Gasteiger partial charge >= 0.3 is 5.97 Å². The highest BCUT2D eigenvalue weighted by Gasteiger charge is 2.34. The van der Waals surface area contributed by atoms with E-state index in [1.807, 2.05) is 6.92 Å². The van der Waals surface area contributed by atoms with Crippen LogP contribution in [0, 0.1) is 11.3 Å². The average Bonchev–Trinajstić information content (AvgIpc) is 2.12. The lowest BCUT2D eigenvalue weighted by molar-refractivity contribution is -0.139. The zero-order valence-electron chi connectivity index (χ0n) is 8.65. The minimum Gasteiger partial charge on any atom is -0.480 e. The minimum atomic E-state index is -1.03. The van der Waals surface area contributed by atoms with Gasteiger partial charge < -0.3 is 10.8 Å². The van der Waals surface area contributed by atoms with Crippen molar-refractivity contribution in [1.29, 1.82) is 5.26 Å². The first-order chi connectivity index (χ1) is 6.35. The van der Waals surface area contributed by atoms with Crippen molar-refractivity contribution < 1.29 is 9.90 Å². The Morgan fingerprint density at radius 2 is 2.21 bits per heavy atom. The van der Waals surface area contributed by atoms with E-state index in [1.165, 1.54) is 11.8 Å². The molecule has 0 saturated heterocycles.